The summed E-state index contributed by atoms with van der Waals surface area (Å²) in [6.07, 6.45) is 6.12. The van der Waals surface area contributed by atoms with Gasteiger partial charge in [0.15, 0.2) is 5.78 Å². The highest BCUT2D eigenvalue weighted by atomic mass is 16.5. The molecular formula is C12H18O3. The normalized spacial score (nSPS) is 31.1. The zero-order valence-corrected chi connectivity index (χ0v) is 9.58. The number of carbonyl (C=O) groups excluding carboxylic acids is 2. The van der Waals surface area contributed by atoms with E-state index in [1.54, 1.807) is 6.92 Å². The predicted octanol–water partition coefficient (Wildman–Crippen LogP) is 2.11. The quantitative estimate of drug-likeness (QED) is 0.407. The van der Waals surface area contributed by atoms with E-state index < -0.39 is 11.4 Å². The number of Topliss-reactive ketones (excluding diaryl/α,β-unsaturated/α-hetero) is 1. The lowest BCUT2D eigenvalue weighted by Gasteiger charge is -2.24. The molecule has 0 bridgehead atoms. The summed E-state index contributed by atoms with van der Waals surface area (Å²) in [6, 6.07) is 0. The molecule has 1 aliphatic carbocycles. The minimum atomic E-state index is -0.958. The fraction of sp³-hybridized carbons (Fsp3) is 0.667. The molecule has 0 aliphatic heterocycles. The van der Waals surface area contributed by atoms with Crippen LogP contribution in [-0.2, 0) is 14.3 Å². The summed E-state index contributed by atoms with van der Waals surface area (Å²) in [5.74, 6) is -0.409. The molecule has 1 saturated carbocycles. The third kappa shape index (κ3) is 1.96. The minimum absolute atomic E-state index is 0.0000954. The number of ether oxygens (including phenoxy) is 1. The van der Waals surface area contributed by atoms with Crippen molar-refractivity contribution in [3.63, 3.8) is 0 Å². The number of esters is 1. The molecule has 0 saturated heterocycles. The highest BCUT2D eigenvalue weighted by Crippen LogP contribution is 2.42. The van der Waals surface area contributed by atoms with Crippen molar-refractivity contribution in [2.24, 2.45) is 11.3 Å². The van der Waals surface area contributed by atoms with Crippen molar-refractivity contribution >= 4 is 11.8 Å². The van der Waals surface area contributed by atoms with E-state index >= 15 is 0 Å². The van der Waals surface area contributed by atoms with Gasteiger partial charge in [-0.05, 0) is 19.8 Å². The van der Waals surface area contributed by atoms with E-state index in [0.717, 1.165) is 12.8 Å². The first-order valence-corrected chi connectivity index (χ1v) is 5.35. The Kier molecular flexibility index (Phi) is 3.66. The SMILES string of the molecule is CC/C=C/[C@H]1CCC(=O)[C@@]1(C)C(=O)OC. The third-order valence-corrected chi connectivity index (χ3v) is 3.22. The first kappa shape index (κ1) is 12.0. The molecule has 1 fully saturated rings. The molecule has 0 aromatic rings. The van der Waals surface area contributed by atoms with Crippen molar-refractivity contribution in [3.8, 4) is 0 Å². The predicted molar refractivity (Wildman–Crippen MR) is 57.3 cm³/mol. The van der Waals surface area contributed by atoms with E-state index in [-0.39, 0.29) is 11.7 Å². The molecular weight excluding hydrogens is 192 g/mol. The van der Waals surface area contributed by atoms with Crippen molar-refractivity contribution in [3.05, 3.63) is 12.2 Å². The number of ketones is 1. The maximum absolute atomic E-state index is 11.7. The first-order chi connectivity index (χ1) is 7.07. The van der Waals surface area contributed by atoms with E-state index in [4.69, 9.17) is 4.74 Å². The van der Waals surface area contributed by atoms with Crippen LogP contribution in [0.25, 0.3) is 0 Å². The Morgan fingerprint density at radius 3 is 2.87 bits per heavy atom. The topological polar surface area (TPSA) is 43.4 Å². The molecule has 0 N–H and O–H groups in total. The summed E-state index contributed by atoms with van der Waals surface area (Å²) in [4.78, 5) is 23.4. The van der Waals surface area contributed by atoms with Gasteiger partial charge in [-0.1, -0.05) is 19.1 Å². The second-order valence-electron chi connectivity index (χ2n) is 4.10. The number of methoxy groups -OCH3 is 1. The van der Waals surface area contributed by atoms with Gasteiger partial charge in [0.2, 0.25) is 0 Å². The number of carbonyl (C=O) groups is 2. The lowest BCUT2D eigenvalue weighted by Crippen LogP contribution is -2.38. The highest BCUT2D eigenvalue weighted by molar-refractivity contribution is 6.05. The van der Waals surface area contributed by atoms with Crippen LogP contribution in [-0.4, -0.2) is 18.9 Å². The first-order valence-electron chi connectivity index (χ1n) is 5.35. The highest BCUT2D eigenvalue weighted by Gasteiger charge is 2.51. The van der Waals surface area contributed by atoms with Gasteiger partial charge in [0.05, 0.1) is 7.11 Å². The van der Waals surface area contributed by atoms with Gasteiger partial charge in [-0.2, -0.15) is 0 Å². The van der Waals surface area contributed by atoms with E-state index in [1.807, 2.05) is 19.1 Å². The van der Waals surface area contributed by atoms with Gasteiger partial charge >= 0.3 is 5.97 Å². The molecule has 0 heterocycles. The Hall–Kier alpha value is -1.12. The van der Waals surface area contributed by atoms with Crippen LogP contribution in [0.15, 0.2) is 12.2 Å². The molecule has 1 rings (SSSR count). The Labute approximate surface area is 90.5 Å². The zero-order chi connectivity index (χ0) is 11.5. The van der Waals surface area contributed by atoms with Crippen LogP contribution < -0.4 is 0 Å². The fourth-order valence-electron chi connectivity index (χ4n) is 2.11. The van der Waals surface area contributed by atoms with Crippen molar-refractivity contribution in [1.82, 2.24) is 0 Å². The second kappa shape index (κ2) is 4.60. The largest absolute Gasteiger partial charge is 0.468 e. The maximum Gasteiger partial charge on any atom is 0.319 e. The smallest absolute Gasteiger partial charge is 0.319 e. The lowest BCUT2D eigenvalue weighted by molar-refractivity contribution is -0.156. The number of hydrogen-bond donors (Lipinski definition) is 0. The van der Waals surface area contributed by atoms with Crippen LogP contribution in [0.4, 0.5) is 0 Å². The monoisotopic (exact) mass is 210 g/mol. The molecule has 0 aromatic heterocycles. The van der Waals surface area contributed by atoms with Gasteiger partial charge in [-0.25, -0.2) is 0 Å². The van der Waals surface area contributed by atoms with E-state index in [9.17, 15) is 9.59 Å². The van der Waals surface area contributed by atoms with Gasteiger partial charge < -0.3 is 4.74 Å². The lowest BCUT2D eigenvalue weighted by atomic mass is 9.79. The minimum Gasteiger partial charge on any atom is -0.468 e. The molecule has 15 heavy (non-hydrogen) atoms. The van der Waals surface area contributed by atoms with E-state index in [1.165, 1.54) is 7.11 Å². The second-order valence-corrected chi connectivity index (χ2v) is 4.10. The molecule has 0 aromatic carbocycles. The zero-order valence-electron chi connectivity index (χ0n) is 9.58. The van der Waals surface area contributed by atoms with Crippen molar-refractivity contribution in [2.75, 3.05) is 7.11 Å². The molecule has 3 nitrogen and oxygen atoms in total. The summed E-state index contributed by atoms with van der Waals surface area (Å²) in [5.41, 5.74) is -0.958. The van der Waals surface area contributed by atoms with Gasteiger partial charge in [0.1, 0.15) is 5.41 Å². The Morgan fingerprint density at radius 2 is 2.33 bits per heavy atom. The van der Waals surface area contributed by atoms with Crippen molar-refractivity contribution < 1.29 is 14.3 Å². The Bertz CT molecular complexity index is 293. The van der Waals surface area contributed by atoms with Gasteiger partial charge in [-0.3, -0.25) is 9.59 Å². The van der Waals surface area contributed by atoms with Crippen LogP contribution in [0.2, 0.25) is 0 Å². The average Bonchev–Trinajstić information content (AvgIpc) is 2.53. The van der Waals surface area contributed by atoms with E-state index in [0.29, 0.717) is 6.42 Å². The molecule has 0 amide bonds. The van der Waals surface area contributed by atoms with Crippen LogP contribution in [0.1, 0.15) is 33.1 Å². The van der Waals surface area contributed by atoms with Crippen molar-refractivity contribution in [2.45, 2.75) is 33.1 Å². The van der Waals surface area contributed by atoms with Crippen LogP contribution in [0, 0.1) is 11.3 Å². The average molecular weight is 210 g/mol. The van der Waals surface area contributed by atoms with Crippen molar-refractivity contribution in [1.29, 1.82) is 0 Å². The molecule has 84 valence electrons. The van der Waals surface area contributed by atoms with Crippen LogP contribution >= 0.6 is 0 Å². The molecule has 2 atom stereocenters. The maximum atomic E-state index is 11.7. The molecule has 1 aliphatic rings. The summed E-state index contributed by atoms with van der Waals surface area (Å²) < 4.78 is 4.72. The molecule has 3 heteroatoms. The van der Waals surface area contributed by atoms with Gasteiger partial charge in [0, 0.05) is 12.3 Å². The number of hydrogen-bond acceptors (Lipinski definition) is 3. The third-order valence-electron chi connectivity index (χ3n) is 3.22. The fourth-order valence-corrected chi connectivity index (χ4v) is 2.11. The summed E-state index contributed by atoms with van der Waals surface area (Å²) >= 11 is 0. The summed E-state index contributed by atoms with van der Waals surface area (Å²) in [6.45, 7) is 3.72. The summed E-state index contributed by atoms with van der Waals surface area (Å²) in [5, 5.41) is 0. The molecule has 0 radical (unpaired) electrons. The molecule has 0 spiro atoms. The van der Waals surface area contributed by atoms with Gasteiger partial charge in [0.25, 0.3) is 0 Å². The summed E-state index contributed by atoms with van der Waals surface area (Å²) in [7, 11) is 1.33. The van der Waals surface area contributed by atoms with Gasteiger partial charge in [-0.15, -0.1) is 0 Å². The Balaban J connectivity index is 2.94. The molecule has 0 unspecified atom stereocenters. The Morgan fingerprint density at radius 1 is 1.67 bits per heavy atom. The standard InChI is InChI=1S/C12H18O3/c1-4-5-6-9-7-8-10(13)12(9,2)11(14)15-3/h5-6,9H,4,7-8H2,1-3H3/b6-5+/t9-,12-/m0/s1. The number of rotatable bonds is 3. The van der Waals surface area contributed by atoms with Crippen LogP contribution in [0.3, 0.4) is 0 Å². The van der Waals surface area contributed by atoms with E-state index in [2.05, 4.69) is 0 Å². The van der Waals surface area contributed by atoms with Crippen LogP contribution in [0.5, 0.6) is 0 Å². The number of allylic oxidation sites excluding steroid dienone is 2.